The summed E-state index contributed by atoms with van der Waals surface area (Å²) in [7, 11) is 1.81. The lowest BCUT2D eigenvalue weighted by Crippen LogP contribution is -2.21. The SMILES string of the molecule is CCCC(C(=O)Nc1cc(C(C)(C)C)no1)c1cnc(-c2cnn(C)c2)c(C#N)c1. The molecule has 0 fully saturated rings. The molecule has 0 saturated heterocycles. The molecule has 0 saturated carbocycles. The monoisotopic (exact) mass is 406 g/mol. The molecule has 0 spiro atoms. The molecular formula is C22H26N6O2. The number of amides is 1. The molecule has 0 aliphatic rings. The Balaban J connectivity index is 1.87. The molecular weight excluding hydrogens is 380 g/mol. The van der Waals surface area contributed by atoms with Crippen LogP contribution in [0.3, 0.4) is 0 Å². The molecule has 8 heteroatoms. The summed E-state index contributed by atoms with van der Waals surface area (Å²) in [6.07, 6.45) is 6.54. The first kappa shape index (κ1) is 21.2. The van der Waals surface area contributed by atoms with Gasteiger partial charge in [-0.25, -0.2) is 0 Å². The van der Waals surface area contributed by atoms with E-state index >= 15 is 0 Å². The van der Waals surface area contributed by atoms with Gasteiger partial charge in [0.1, 0.15) is 6.07 Å². The number of aromatic nitrogens is 4. The molecule has 0 aliphatic carbocycles. The molecule has 0 radical (unpaired) electrons. The van der Waals surface area contributed by atoms with Crippen LogP contribution in [0.2, 0.25) is 0 Å². The van der Waals surface area contributed by atoms with Gasteiger partial charge in [0.05, 0.1) is 29.1 Å². The van der Waals surface area contributed by atoms with Crippen molar-refractivity contribution in [3.63, 3.8) is 0 Å². The van der Waals surface area contributed by atoms with Gasteiger partial charge in [-0.05, 0) is 18.1 Å². The Morgan fingerprint density at radius 3 is 2.67 bits per heavy atom. The van der Waals surface area contributed by atoms with Crippen molar-refractivity contribution in [3.8, 4) is 17.3 Å². The average Bonchev–Trinajstić information content (AvgIpc) is 3.34. The maximum atomic E-state index is 13.0. The number of aryl methyl sites for hydroxylation is 1. The fourth-order valence-electron chi connectivity index (χ4n) is 3.16. The summed E-state index contributed by atoms with van der Waals surface area (Å²) in [6, 6.07) is 5.66. The first-order valence-corrected chi connectivity index (χ1v) is 9.90. The lowest BCUT2D eigenvalue weighted by molar-refractivity contribution is -0.117. The molecule has 1 N–H and O–H groups in total. The molecule has 1 amide bonds. The minimum atomic E-state index is -0.458. The van der Waals surface area contributed by atoms with Crippen molar-refractivity contribution >= 4 is 11.8 Å². The zero-order chi connectivity index (χ0) is 21.9. The van der Waals surface area contributed by atoms with Gasteiger partial charge in [-0.2, -0.15) is 10.4 Å². The predicted molar refractivity (Wildman–Crippen MR) is 113 cm³/mol. The van der Waals surface area contributed by atoms with E-state index in [9.17, 15) is 10.1 Å². The van der Waals surface area contributed by atoms with Gasteiger partial charge in [0.25, 0.3) is 0 Å². The van der Waals surface area contributed by atoms with Gasteiger partial charge in [0.2, 0.25) is 11.8 Å². The van der Waals surface area contributed by atoms with Crippen LogP contribution in [0.25, 0.3) is 11.3 Å². The van der Waals surface area contributed by atoms with Crippen LogP contribution in [0.1, 0.15) is 63.3 Å². The predicted octanol–water partition coefficient (Wildman–Crippen LogP) is 4.16. The summed E-state index contributed by atoms with van der Waals surface area (Å²) in [5.41, 5.74) is 2.99. The number of nitrogens with zero attached hydrogens (tertiary/aromatic N) is 5. The summed E-state index contributed by atoms with van der Waals surface area (Å²) in [6.45, 7) is 8.08. The molecule has 3 heterocycles. The Morgan fingerprint density at radius 2 is 2.10 bits per heavy atom. The summed E-state index contributed by atoms with van der Waals surface area (Å²) < 4.78 is 6.95. The second-order valence-electron chi connectivity index (χ2n) is 8.34. The quantitative estimate of drug-likeness (QED) is 0.658. The standard InChI is InChI=1S/C22H26N6O2/c1-6-7-17(21(29)26-19-9-18(27-30-19)22(2,3)4)15-8-14(10-23)20(24-11-15)16-12-25-28(5)13-16/h8-9,11-13,17H,6-7H2,1-5H3,(H,26,29). The van der Waals surface area contributed by atoms with E-state index in [1.165, 1.54) is 0 Å². The van der Waals surface area contributed by atoms with Gasteiger partial charge in [-0.15, -0.1) is 0 Å². The maximum absolute atomic E-state index is 13.0. The van der Waals surface area contributed by atoms with Crippen molar-refractivity contribution in [1.29, 1.82) is 5.26 Å². The number of carbonyl (C=O) groups is 1. The molecule has 156 valence electrons. The Bertz CT molecular complexity index is 1080. The molecule has 0 bridgehead atoms. The minimum Gasteiger partial charge on any atom is -0.338 e. The largest absolute Gasteiger partial charge is 0.338 e. The van der Waals surface area contributed by atoms with E-state index in [2.05, 4.69) is 26.6 Å². The van der Waals surface area contributed by atoms with Crippen LogP contribution in [0.5, 0.6) is 0 Å². The lowest BCUT2D eigenvalue weighted by atomic mass is 9.92. The van der Waals surface area contributed by atoms with E-state index in [-0.39, 0.29) is 11.3 Å². The summed E-state index contributed by atoms with van der Waals surface area (Å²) in [5, 5.41) is 20.6. The third-order valence-electron chi connectivity index (χ3n) is 4.83. The molecule has 3 aromatic rings. The van der Waals surface area contributed by atoms with Crippen LogP contribution >= 0.6 is 0 Å². The van der Waals surface area contributed by atoms with Crippen LogP contribution in [0.15, 0.2) is 35.2 Å². The number of nitriles is 1. The van der Waals surface area contributed by atoms with E-state index in [1.54, 1.807) is 42.5 Å². The number of anilines is 1. The number of pyridine rings is 1. The zero-order valence-corrected chi connectivity index (χ0v) is 17.9. The van der Waals surface area contributed by atoms with E-state index in [1.807, 2.05) is 27.7 Å². The maximum Gasteiger partial charge on any atom is 0.234 e. The third-order valence-corrected chi connectivity index (χ3v) is 4.83. The zero-order valence-electron chi connectivity index (χ0n) is 17.9. The Hall–Kier alpha value is -3.47. The van der Waals surface area contributed by atoms with E-state index in [0.717, 1.165) is 17.7 Å². The van der Waals surface area contributed by atoms with E-state index < -0.39 is 5.92 Å². The summed E-state index contributed by atoms with van der Waals surface area (Å²) in [4.78, 5) is 17.5. The normalized spacial score (nSPS) is 12.4. The van der Waals surface area contributed by atoms with Crippen molar-refractivity contribution in [1.82, 2.24) is 19.9 Å². The summed E-state index contributed by atoms with van der Waals surface area (Å²) in [5.74, 6) is -0.361. The Labute approximate surface area is 175 Å². The Morgan fingerprint density at radius 1 is 1.33 bits per heavy atom. The van der Waals surface area contributed by atoms with Crippen LogP contribution in [0.4, 0.5) is 5.88 Å². The van der Waals surface area contributed by atoms with Crippen LogP contribution < -0.4 is 5.32 Å². The molecule has 0 aromatic carbocycles. The number of nitrogens with one attached hydrogen (secondary N) is 1. The highest BCUT2D eigenvalue weighted by molar-refractivity contribution is 5.95. The molecule has 8 nitrogen and oxygen atoms in total. The van der Waals surface area contributed by atoms with Crippen LogP contribution in [-0.2, 0) is 17.3 Å². The highest BCUT2D eigenvalue weighted by Gasteiger charge is 2.25. The fourth-order valence-corrected chi connectivity index (χ4v) is 3.16. The third kappa shape index (κ3) is 4.57. The van der Waals surface area contributed by atoms with Gasteiger partial charge in [0, 0.05) is 36.5 Å². The first-order chi connectivity index (χ1) is 14.2. The van der Waals surface area contributed by atoms with Crippen molar-refractivity contribution in [2.45, 2.75) is 51.9 Å². The van der Waals surface area contributed by atoms with Crippen molar-refractivity contribution in [2.24, 2.45) is 7.05 Å². The number of carbonyl (C=O) groups excluding carboxylic acids is 1. The van der Waals surface area contributed by atoms with E-state index in [4.69, 9.17) is 4.52 Å². The second-order valence-corrected chi connectivity index (χ2v) is 8.34. The summed E-state index contributed by atoms with van der Waals surface area (Å²) >= 11 is 0. The van der Waals surface area contributed by atoms with E-state index in [0.29, 0.717) is 29.1 Å². The first-order valence-electron chi connectivity index (χ1n) is 9.90. The Kier molecular flexibility index (Phi) is 6.01. The van der Waals surface area contributed by atoms with Crippen LogP contribution in [0, 0.1) is 11.3 Å². The number of hydrogen-bond donors (Lipinski definition) is 1. The molecule has 30 heavy (non-hydrogen) atoms. The van der Waals surface area contributed by atoms with Crippen molar-refractivity contribution in [3.05, 3.63) is 47.5 Å². The molecule has 0 aliphatic heterocycles. The van der Waals surface area contributed by atoms with Crippen LogP contribution in [-0.4, -0.2) is 25.8 Å². The number of rotatable bonds is 6. The molecule has 3 rings (SSSR count). The van der Waals surface area contributed by atoms with Gasteiger partial charge in [-0.1, -0.05) is 39.3 Å². The fraction of sp³-hybridized carbons (Fsp3) is 0.409. The smallest absolute Gasteiger partial charge is 0.234 e. The highest BCUT2D eigenvalue weighted by atomic mass is 16.5. The highest BCUT2D eigenvalue weighted by Crippen LogP contribution is 2.29. The van der Waals surface area contributed by atoms with Gasteiger partial charge in [0.15, 0.2) is 0 Å². The van der Waals surface area contributed by atoms with Crippen molar-refractivity contribution in [2.75, 3.05) is 5.32 Å². The molecule has 1 atom stereocenters. The van der Waals surface area contributed by atoms with Gasteiger partial charge < -0.3 is 4.52 Å². The second kappa shape index (κ2) is 8.49. The lowest BCUT2D eigenvalue weighted by Gasteiger charge is -2.16. The van der Waals surface area contributed by atoms with Gasteiger partial charge in [-0.3, -0.25) is 19.8 Å². The van der Waals surface area contributed by atoms with Gasteiger partial charge >= 0.3 is 0 Å². The topological polar surface area (TPSA) is 110 Å². The molecule has 1 unspecified atom stereocenters. The van der Waals surface area contributed by atoms with Crippen molar-refractivity contribution < 1.29 is 9.32 Å². The minimum absolute atomic E-state index is 0.178. The number of hydrogen-bond acceptors (Lipinski definition) is 6. The average molecular weight is 406 g/mol. The molecule has 3 aromatic heterocycles.